The van der Waals surface area contributed by atoms with Crippen molar-refractivity contribution in [3.63, 3.8) is 0 Å². The predicted molar refractivity (Wildman–Crippen MR) is 101 cm³/mol. The number of benzene rings is 1. The van der Waals surface area contributed by atoms with Crippen molar-refractivity contribution in [1.29, 1.82) is 0 Å². The number of ether oxygens (including phenoxy) is 1. The van der Waals surface area contributed by atoms with E-state index in [0.717, 1.165) is 56.9 Å². The fourth-order valence-electron chi connectivity index (χ4n) is 2.88. The van der Waals surface area contributed by atoms with E-state index in [-0.39, 0.29) is 30.7 Å². The lowest BCUT2D eigenvalue weighted by Crippen LogP contribution is -2.53. The van der Waals surface area contributed by atoms with E-state index in [1.165, 1.54) is 0 Å². The van der Waals surface area contributed by atoms with Crippen LogP contribution in [0.4, 0.5) is 0 Å². The van der Waals surface area contributed by atoms with Crippen LogP contribution in [0.25, 0.3) is 0 Å². The maximum absolute atomic E-state index is 12.2. The molecule has 1 aliphatic heterocycles. The highest BCUT2D eigenvalue weighted by Gasteiger charge is 2.48. The molecule has 0 spiro atoms. The molecular weight excluding hydrogens is 373 g/mol. The molecule has 0 radical (unpaired) electrons. The van der Waals surface area contributed by atoms with Crippen LogP contribution in [0.15, 0.2) is 18.2 Å². The molecule has 1 heterocycles. The van der Waals surface area contributed by atoms with Crippen molar-refractivity contribution >= 4 is 42.3 Å². The predicted octanol–water partition coefficient (Wildman–Crippen LogP) is 2.33. The van der Waals surface area contributed by atoms with Gasteiger partial charge in [-0.3, -0.25) is 9.69 Å². The molecule has 5 nitrogen and oxygen atoms in total. The summed E-state index contributed by atoms with van der Waals surface area (Å²) in [5, 5.41) is 0.712. The van der Waals surface area contributed by atoms with Gasteiger partial charge in [0.15, 0.2) is 0 Å². The number of methoxy groups -OCH3 is 1. The standard InChI is InChI=1S/C16H22ClN3O2.2ClH/c1-22-14-3-2-13(17)10-12(14)11-19-6-8-20(9-7-19)15(21)16(18)4-5-16;;/h2-3,10H,4-9,11,18H2,1H3;2*1H. The molecule has 136 valence electrons. The summed E-state index contributed by atoms with van der Waals surface area (Å²) in [6.07, 6.45) is 1.65. The first-order valence-corrected chi connectivity index (χ1v) is 8.03. The number of rotatable bonds is 4. The second-order valence-electron chi connectivity index (χ2n) is 6.18. The Bertz CT molecular complexity index is 574. The molecule has 3 rings (SSSR count). The molecule has 1 saturated carbocycles. The van der Waals surface area contributed by atoms with Crippen LogP contribution in [0.1, 0.15) is 18.4 Å². The highest BCUT2D eigenvalue weighted by Crippen LogP contribution is 2.34. The molecule has 1 amide bonds. The van der Waals surface area contributed by atoms with Crippen molar-refractivity contribution in [2.75, 3.05) is 33.3 Å². The van der Waals surface area contributed by atoms with Gasteiger partial charge in [0.1, 0.15) is 5.75 Å². The molecule has 0 aromatic heterocycles. The van der Waals surface area contributed by atoms with Crippen molar-refractivity contribution in [2.45, 2.75) is 24.9 Å². The molecule has 1 aromatic carbocycles. The second-order valence-corrected chi connectivity index (χ2v) is 6.62. The topological polar surface area (TPSA) is 58.8 Å². The summed E-state index contributed by atoms with van der Waals surface area (Å²) in [4.78, 5) is 16.5. The molecule has 0 atom stereocenters. The Morgan fingerprint density at radius 3 is 2.42 bits per heavy atom. The smallest absolute Gasteiger partial charge is 0.242 e. The molecule has 0 bridgehead atoms. The van der Waals surface area contributed by atoms with Gasteiger partial charge in [0.2, 0.25) is 5.91 Å². The van der Waals surface area contributed by atoms with Crippen molar-refractivity contribution in [3.8, 4) is 5.75 Å². The van der Waals surface area contributed by atoms with Crippen molar-refractivity contribution in [1.82, 2.24) is 9.80 Å². The van der Waals surface area contributed by atoms with Crippen LogP contribution in [0.5, 0.6) is 5.75 Å². The Morgan fingerprint density at radius 2 is 1.88 bits per heavy atom. The molecule has 2 N–H and O–H groups in total. The number of carbonyl (C=O) groups excluding carboxylic acids is 1. The van der Waals surface area contributed by atoms with Gasteiger partial charge in [-0.2, -0.15) is 0 Å². The number of carbonyl (C=O) groups is 1. The van der Waals surface area contributed by atoms with Crippen LogP contribution in [-0.2, 0) is 11.3 Å². The molecule has 0 unspecified atom stereocenters. The lowest BCUT2D eigenvalue weighted by Gasteiger charge is -2.36. The quantitative estimate of drug-likeness (QED) is 0.848. The third-order valence-corrected chi connectivity index (χ3v) is 4.75. The van der Waals surface area contributed by atoms with Gasteiger partial charge in [-0.15, -0.1) is 24.8 Å². The maximum Gasteiger partial charge on any atom is 0.242 e. The van der Waals surface area contributed by atoms with Crippen molar-refractivity contribution < 1.29 is 9.53 Å². The summed E-state index contributed by atoms with van der Waals surface area (Å²) >= 11 is 6.07. The third-order valence-electron chi connectivity index (χ3n) is 4.51. The van der Waals surface area contributed by atoms with Gasteiger partial charge in [0, 0.05) is 43.3 Å². The van der Waals surface area contributed by atoms with E-state index < -0.39 is 5.54 Å². The first kappa shape index (κ1) is 21.3. The first-order chi connectivity index (χ1) is 10.5. The summed E-state index contributed by atoms with van der Waals surface area (Å²) in [5.41, 5.74) is 6.52. The average Bonchev–Trinajstić information content (AvgIpc) is 3.27. The number of nitrogens with zero attached hydrogens (tertiary/aromatic N) is 2. The minimum absolute atomic E-state index is 0. The van der Waals surface area contributed by atoms with Crippen molar-refractivity contribution in [2.24, 2.45) is 5.73 Å². The zero-order valence-corrected chi connectivity index (χ0v) is 16.1. The summed E-state index contributed by atoms with van der Waals surface area (Å²) < 4.78 is 5.39. The van der Waals surface area contributed by atoms with Crippen LogP contribution in [-0.4, -0.2) is 54.5 Å². The third kappa shape index (κ3) is 4.67. The first-order valence-electron chi connectivity index (χ1n) is 7.65. The van der Waals surface area contributed by atoms with E-state index in [9.17, 15) is 4.79 Å². The minimum Gasteiger partial charge on any atom is -0.496 e. The van der Waals surface area contributed by atoms with E-state index in [4.69, 9.17) is 22.1 Å². The van der Waals surface area contributed by atoms with Gasteiger partial charge in [0.25, 0.3) is 0 Å². The normalized spacial score (nSPS) is 19.0. The second kappa shape index (κ2) is 8.59. The minimum atomic E-state index is -0.557. The van der Waals surface area contributed by atoms with Gasteiger partial charge in [-0.05, 0) is 31.0 Å². The highest BCUT2D eigenvalue weighted by molar-refractivity contribution is 6.30. The largest absolute Gasteiger partial charge is 0.496 e. The Morgan fingerprint density at radius 1 is 1.25 bits per heavy atom. The Kier molecular flexibility index (Phi) is 7.63. The molecule has 1 saturated heterocycles. The highest BCUT2D eigenvalue weighted by atomic mass is 35.5. The van der Waals surface area contributed by atoms with Gasteiger partial charge < -0.3 is 15.4 Å². The van der Waals surface area contributed by atoms with E-state index in [1.54, 1.807) is 7.11 Å². The number of hydrogen-bond acceptors (Lipinski definition) is 4. The van der Waals surface area contributed by atoms with Gasteiger partial charge in [-0.25, -0.2) is 0 Å². The Labute approximate surface area is 160 Å². The Balaban J connectivity index is 0.00000144. The number of hydrogen-bond donors (Lipinski definition) is 1. The summed E-state index contributed by atoms with van der Waals surface area (Å²) in [7, 11) is 1.67. The van der Waals surface area contributed by atoms with Crippen LogP contribution in [0.3, 0.4) is 0 Å². The zero-order valence-electron chi connectivity index (χ0n) is 13.7. The monoisotopic (exact) mass is 395 g/mol. The van der Waals surface area contributed by atoms with Crippen LogP contribution in [0.2, 0.25) is 5.02 Å². The average molecular weight is 397 g/mol. The number of nitrogens with two attached hydrogens (primary N) is 1. The molecule has 2 aliphatic rings. The van der Waals surface area contributed by atoms with Gasteiger partial charge >= 0.3 is 0 Å². The van der Waals surface area contributed by atoms with E-state index in [2.05, 4.69) is 4.90 Å². The molecule has 24 heavy (non-hydrogen) atoms. The van der Waals surface area contributed by atoms with E-state index >= 15 is 0 Å². The lowest BCUT2D eigenvalue weighted by atomic mass is 10.1. The van der Waals surface area contributed by atoms with Crippen LogP contribution in [0, 0.1) is 0 Å². The van der Waals surface area contributed by atoms with Crippen LogP contribution >= 0.6 is 36.4 Å². The van der Waals surface area contributed by atoms with Gasteiger partial charge in [0.05, 0.1) is 12.6 Å². The van der Waals surface area contributed by atoms with E-state index in [0.29, 0.717) is 5.02 Å². The maximum atomic E-state index is 12.2. The number of halogens is 3. The fraction of sp³-hybridized carbons (Fsp3) is 0.562. The summed E-state index contributed by atoms with van der Waals surface area (Å²) in [6, 6.07) is 5.66. The Hall–Kier alpha value is -0.720. The van der Waals surface area contributed by atoms with Gasteiger partial charge in [-0.1, -0.05) is 11.6 Å². The number of amides is 1. The SMILES string of the molecule is COc1ccc(Cl)cc1CN1CCN(C(=O)C2(N)CC2)CC1.Cl.Cl. The molecule has 1 aromatic rings. The fourth-order valence-corrected chi connectivity index (χ4v) is 3.08. The molecule has 2 fully saturated rings. The van der Waals surface area contributed by atoms with E-state index in [1.807, 2.05) is 23.1 Å². The number of piperazine rings is 1. The summed E-state index contributed by atoms with van der Waals surface area (Å²) in [5.74, 6) is 0.967. The van der Waals surface area contributed by atoms with Crippen LogP contribution < -0.4 is 10.5 Å². The zero-order chi connectivity index (χ0) is 15.7. The van der Waals surface area contributed by atoms with Crippen molar-refractivity contribution in [3.05, 3.63) is 28.8 Å². The lowest BCUT2D eigenvalue weighted by molar-refractivity contribution is -0.135. The molecule has 8 heteroatoms. The molecular formula is C16H24Cl3N3O2. The summed E-state index contributed by atoms with van der Waals surface area (Å²) in [6.45, 7) is 3.94. The molecule has 1 aliphatic carbocycles.